The predicted octanol–water partition coefficient (Wildman–Crippen LogP) is 6.46. The molecule has 4 heteroatoms. The van der Waals surface area contributed by atoms with Crippen molar-refractivity contribution in [2.45, 2.75) is 0 Å². The Hall–Kier alpha value is -3.66. The van der Waals surface area contributed by atoms with Crippen LogP contribution in [0.4, 0.5) is 4.39 Å². The molecule has 5 aromatic rings. The van der Waals surface area contributed by atoms with Crippen molar-refractivity contribution < 1.29 is 13.5 Å². The summed E-state index contributed by atoms with van der Waals surface area (Å²) in [5.41, 5.74) is 3.95. The van der Waals surface area contributed by atoms with E-state index in [9.17, 15) is 0 Å². The Labute approximate surface area is 161 Å². The van der Waals surface area contributed by atoms with Crippen LogP contribution in [-0.2, 0) is 0 Å². The summed E-state index contributed by atoms with van der Waals surface area (Å²) in [6.45, 7) is 0. The minimum absolute atomic E-state index is 0.292. The van der Waals surface area contributed by atoms with Crippen LogP contribution in [0.2, 0.25) is 0 Å². The molecule has 0 unspecified atom stereocenters. The van der Waals surface area contributed by atoms with Gasteiger partial charge in [-0.05, 0) is 42.0 Å². The van der Waals surface area contributed by atoms with Crippen LogP contribution < -0.4 is 4.74 Å². The highest BCUT2D eigenvalue weighted by Crippen LogP contribution is 2.40. The number of furan rings is 1. The van der Waals surface area contributed by atoms with Crippen molar-refractivity contribution >= 4 is 22.1 Å². The first kappa shape index (κ1) is 16.5. The fraction of sp³-hybridized carbons (Fsp3) is 0.0417. The van der Waals surface area contributed by atoms with Crippen LogP contribution in [0.1, 0.15) is 0 Å². The van der Waals surface area contributed by atoms with E-state index in [1.807, 2.05) is 66.7 Å². The van der Waals surface area contributed by atoms with Crippen LogP contribution in [0.3, 0.4) is 0 Å². The zero-order chi connectivity index (χ0) is 19.1. The molecule has 136 valence electrons. The molecule has 5 rings (SSSR count). The van der Waals surface area contributed by atoms with Gasteiger partial charge >= 0.3 is 0 Å². The lowest BCUT2D eigenvalue weighted by molar-refractivity contribution is 0.415. The van der Waals surface area contributed by atoms with Gasteiger partial charge in [-0.3, -0.25) is 0 Å². The third-order valence-electron chi connectivity index (χ3n) is 4.87. The molecule has 0 N–H and O–H groups in total. The molecule has 0 saturated heterocycles. The van der Waals surface area contributed by atoms with E-state index in [-0.39, 0.29) is 0 Å². The maximum atomic E-state index is 15.7. The van der Waals surface area contributed by atoms with Crippen LogP contribution in [-0.4, -0.2) is 12.1 Å². The highest BCUT2D eigenvalue weighted by atomic mass is 19.1. The van der Waals surface area contributed by atoms with Crippen molar-refractivity contribution in [1.29, 1.82) is 0 Å². The van der Waals surface area contributed by atoms with E-state index in [0.717, 1.165) is 10.9 Å². The molecule has 3 aromatic carbocycles. The van der Waals surface area contributed by atoms with Gasteiger partial charge in [0.15, 0.2) is 11.4 Å². The summed E-state index contributed by atoms with van der Waals surface area (Å²) < 4.78 is 27.0. The third kappa shape index (κ3) is 2.54. The Kier molecular flexibility index (Phi) is 3.83. The number of hydrogen-bond acceptors (Lipinski definition) is 3. The molecule has 0 aliphatic heterocycles. The van der Waals surface area contributed by atoms with Gasteiger partial charge < -0.3 is 9.15 Å². The third-order valence-corrected chi connectivity index (χ3v) is 4.87. The molecule has 0 amide bonds. The molecule has 0 bridgehead atoms. The van der Waals surface area contributed by atoms with Gasteiger partial charge in [-0.15, -0.1) is 0 Å². The van der Waals surface area contributed by atoms with Crippen molar-refractivity contribution in [2.75, 3.05) is 7.11 Å². The topological polar surface area (TPSA) is 35.3 Å². The predicted molar refractivity (Wildman–Crippen MR) is 109 cm³/mol. The number of ether oxygens (including phenoxy) is 1. The fourth-order valence-electron chi connectivity index (χ4n) is 3.49. The Bertz CT molecular complexity index is 1290. The zero-order valence-electron chi connectivity index (χ0n) is 15.1. The number of aromatic nitrogens is 1. The number of hydrogen-bond donors (Lipinski definition) is 0. The summed E-state index contributed by atoms with van der Waals surface area (Å²) in [4.78, 5) is 4.67. The van der Waals surface area contributed by atoms with Crippen molar-refractivity contribution in [3.8, 4) is 28.1 Å². The second kappa shape index (κ2) is 6.50. The molecule has 0 saturated carbocycles. The summed E-state index contributed by atoms with van der Waals surface area (Å²) in [6.07, 6.45) is 0. The first-order valence-corrected chi connectivity index (χ1v) is 8.97. The van der Waals surface area contributed by atoms with Gasteiger partial charge in [0.1, 0.15) is 22.5 Å². The minimum atomic E-state index is -0.400. The van der Waals surface area contributed by atoms with E-state index in [2.05, 4.69) is 4.98 Å². The first-order valence-electron chi connectivity index (χ1n) is 8.97. The SMILES string of the molecule is COc1ccc(-c2nc3c(oc4ccccc43)c(-c3ccccc3)c2F)cc1. The van der Waals surface area contributed by atoms with Crippen LogP contribution >= 0.6 is 0 Å². The number of halogens is 1. The Morgan fingerprint density at radius 2 is 1.54 bits per heavy atom. The molecular weight excluding hydrogens is 353 g/mol. The fourth-order valence-corrected chi connectivity index (χ4v) is 3.49. The van der Waals surface area contributed by atoms with Gasteiger partial charge in [-0.25, -0.2) is 9.37 Å². The van der Waals surface area contributed by atoms with E-state index < -0.39 is 5.82 Å². The molecule has 2 aromatic heterocycles. The van der Waals surface area contributed by atoms with E-state index in [1.54, 1.807) is 19.2 Å². The van der Waals surface area contributed by atoms with Gasteiger partial charge in [-0.2, -0.15) is 0 Å². The Morgan fingerprint density at radius 3 is 2.29 bits per heavy atom. The maximum absolute atomic E-state index is 15.7. The van der Waals surface area contributed by atoms with Crippen molar-refractivity contribution in [3.05, 3.63) is 84.7 Å². The standard InChI is InChI=1S/C24H16FNO2/c1-27-17-13-11-16(12-14-17)22-21(25)20(15-7-3-2-4-8-15)24-23(26-22)18-9-5-6-10-19(18)28-24/h2-14H,1H3. The monoisotopic (exact) mass is 369 g/mol. The molecule has 3 nitrogen and oxygen atoms in total. The lowest BCUT2D eigenvalue weighted by Crippen LogP contribution is -1.95. The maximum Gasteiger partial charge on any atom is 0.164 e. The molecule has 2 heterocycles. The molecule has 0 radical (unpaired) electrons. The smallest absolute Gasteiger partial charge is 0.164 e. The van der Waals surface area contributed by atoms with Crippen molar-refractivity contribution in [3.63, 3.8) is 0 Å². The van der Waals surface area contributed by atoms with Gasteiger partial charge in [0.25, 0.3) is 0 Å². The Balaban J connectivity index is 1.88. The molecule has 28 heavy (non-hydrogen) atoms. The van der Waals surface area contributed by atoms with Crippen molar-refractivity contribution in [1.82, 2.24) is 4.98 Å². The van der Waals surface area contributed by atoms with E-state index in [1.165, 1.54) is 0 Å². The molecular formula is C24H16FNO2. The van der Waals surface area contributed by atoms with Crippen molar-refractivity contribution in [2.24, 2.45) is 0 Å². The van der Waals surface area contributed by atoms with Gasteiger partial charge in [0.2, 0.25) is 0 Å². The summed E-state index contributed by atoms with van der Waals surface area (Å²) in [5, 5.41) is 0.865. The Morgan fingerprint density at radius 1 is 0.821 bits per heavy atom. The van der Waals surface area contributed by atoms with Crippen LogP contribution in [0, 0.1) is 5.82 Å². The number of methoxy groups -OCH3 is 1. The number of rotatable bonds is 3. The lowest BCUT2D eigenvalue weighted by atomic mass is 10.0. The zero-order valence-corrected chi connectivity index (χ0v) is 15.1. The molecule has 0 aliphatic carbocycles. The average Bonchev–Trinajstić information content (AvgIpc) is 3.12. The number of benzene rings is 3. The van der Waals surface area contributed by atoms with Gasteiger partial charge in [-0.1, -0.05) is 42.5 Å². The number of fused-ring (bicyclic) bond motifs is 3. The summed E-state index contributed by atoms with van der Waals surface area (Å²) in [6, 6.07) is 24.3. The van der Waals surface area contributed by atoms with Gasteiger partial charge in [0.05, 0.1) is 12.7 Å². The average molecular weight is 369 g/mol. The number of para-hydroxylation sites is 1. The molecule has 0 fully saturated rings. The largest absolute Gasteiger partial charge is 0.497 e. The number of pyridine rings is 1. The summed E-state index contributed by atoms with van der Waals surface area (Å²) >= 11 is 0. The van der Waals surface area contributed by atoms with Crippen LogP contribution in [0.25, 0.3) is 44.5 Å². The highest BCUT2D eigenvalue weighted by molar-refractivity contribution is 6.08. The molecule has 0 spiro atoms. The van der Waals surface area contributed by atoms with E-state index in [4.69, 9.17) is 9.15 Å². The molecule has 0 aliphatic rings. The second-order valence-corrected chi connectivity index (χ2v) is 6.52. The summed E-state index contributed by atoms with van der Waals surface area (Å²) in [5.74, 6) is 0.310. The summed E-state index contributed by atoms with van der Waals surface area (Å²) in [7, 11) is 1.60. The van der Waals surface area contributed by atoms with Gasteiger partial charge in [0, 0.05) is 10.9 Å². The normalized spacial score (nSPS) is 11.2. The minimum Gasteiger partial charge on any atom is -0.497 e. The van der Waals surface area contributed by atoms with E-state index >= 15 is 4.39 Å². The lowest BCUT2D eigenvalue weighted by Gasteiger charge is -2.10. The number of nitrogens with zero attached hydrogens (tertiary/aromatic N) is 1. The highest BCUT2D eigenvalue weighted by Gasteiger charge is 2.22. The molecule has 0 atom stereocenters. The first-order chi connectivity index (χ1) is 13.8. The van der Waals surface area contributed by atoms with Crippen LogP contribution in [0.15, 0.2) is 83.3 Å². The second-order valence-electron chi connectivity index (χ2n) is 6.52. The van der Waals surface area contributed by atoms with Crippen LogP contribution in [0.5, 0.6) is 5.75 Å². The quantitative estimate of drug-likeness (QED) is 0.366. The van der Waals surface area contributed by atoms with E-state index in [0.29, 0.717) is 39.3 Å².